The summed E-state index contributed by atoms with van der Waals surface area (Å²) in [7, 11) is 0. The lowest BCUT2D eigenvalue weighted by Gasteiger charge is -2.03. The second kappa shape index (κ2) is 5.58. The molecule has 1 amide bonds. The summed E-state index contributed by atoms with van der Waals surface area (Å²) in [6.07, 6.45) is 0.888. The smallest absolute Gasteiger partial charge is 0.230 e. The lowest BCUT2D eigenvalue weighted by molar-refractivity contribution is -0.115. The van der Waals surface area contributed by atoms with E-state index in [1.54, 1.807) is 24.3 Å². The van der Waals surface area contributed by atoms with Crippen molar-refractivity contribution >= 4 is 28.8 Å². The van der Waals surface area contributed by atoms with Crippen molar-refractivity contribution in [3.63, 3.8) is 0 Å². The van der Waals surface area contributed by atoms with Crippen LogP contribution in [0, 0.1) is 0 Å². The number of carbonyl (C=O) groups excluding carboxylic acids is 2. The van der Waals surface area contributed by atoms with Crippen LogP contribution in [0.15, 0.2) is 53.1 Å². The number of aromatic nitrogens is 1. The van der Waals surface area contributed by atoms with Crippen molar-refractivity contribution in [1.82, 2.24) is 5.16 Å². The van der Waals surface area contributed by atoms with Gasteiger partial charge in [0.05, 0.1) is 6.42 Å². The zero-order valence-electron chi connectivity index (χ0n) is 11.1. The maximum absolute atomic E-state index is 12.0. The molecule has 1 aromatic heterocycles. The Hall–Kier alpha value is -2.95. The van der Waals surface area contributed by atoms with Gasteiger partial charge in [-0.1, -0.05) is 17.3 Å². The summed E-state index contributed by atoms with van der Waals surface area (Å²) in [6.45, 7) is 0. The highest BCUT2D eigenvalue weighted by Crippen LogP contribution is 2.18. The summed E-state index contributed by atoms with van der Waals surface area (Å²) in [5, 5.41) is 7.52. The number of nitrogens with zero attached hydrogens (tertiary/aromatic N) is 1. The minimum Gasteiger partial charge on any atom is -0.356 e. The van der Waals surface area contributed by atoms with Crippen LogP contribution in [0.3, 0.4) is 0 Å². The number of nitrogens with one attached hydrogen (secondary N) is 1. The summed E-state index contributed by atoms with van der Waals surface area (Å²) >= 11 is 0. The molecule has 0 spiro atoms. The van der Waals surface area contributed by atoms with E-state index in [9.17, 15) is 9.59 Å². The van der Waals surface area contributed by atoms with Crippen molar-refractivity contribution in [3.8, 4) is 0 Å². The number of anilines is 1. The predicted molar refractivity (Wildman–Crippen MR) is 78.2 cm³/mol. The predicted octanol–water partition coefficient (Wildman–Crippen LogP) is 2.82. The van der Waals surface area contributed by atoms with Gasteiger partial charge in [0.25, 0.3) is 0 Å². The lowest BCUT2D eigenvalue weighted by atomic mass is 10.1. The van der Waals surface area contributed by atoms with Gasteiger partial charge in [0, 0.05) is 16.6 Å². The normalized spacial score (nSPS) is 10.5. The van der Waals surface area contributed by atoms with Crippen LogP contribution in [0.2, 0.25) is 0 Å². The van der Waals surface area contributed by atoms with Crippen molar-refractivity contribution < 1.29 is 14.1 Å². The second-order valence-electron chi connectivity index (χ2n) is 4.59. The van der Waals surface area contributed by atoms with E-state index in [1.807, 2.05) is 24.3 Å². The molecule has 0 unspecified atom stereocenters. The number of hydrogen-bond acceptors (Lipinski definition) is 4. The monoisotopic (exact) mass is 280 g/mol. The Kier molecular flexibility index (Phi) is 3.47. The summed E-state index contributed by atoms with van der Waals surface area (Å²) in [4.78, 5) is 22.6. The molecular formula is C16H12N2O3. The van der Waals surface area contributed by atoms with Crippen molar-refractivity contribution in [2.75, 3.05) is 5.32 Å². The van der Waals surface area contributed by atoms with Crippen LogP contribution >= 0.6 is 0 Å². The first-order valence-electron chi connectivity index (χ1n) is 6.44. The van der Waals surface area contributed by atoms with E-state index in [4.69, 9.17) is 4.52 Å². The molecule has 0 radical (unpaired) electrons. The average molecular weight is 280 g/mol. The van der Waals surface area contributed by atoms with Crippen molar-refractivity contribution in [3.05, 3.63) is 59.8 Å². The maximum Gasteiger partial charge on any atom is 0.230 e. The van der Waals surface area contributed by atoms with Crippen LogP contribution < -0.4 is 5.32 Å². The third-order valence-corrected chi connectivity index (χ3v) is 3.11. The van der Waals surface area contributed by atoms with Crippen LogP contribution in [0.5, 0.6) is 0 Å². The molecule has 0 aliphatic heterocycles. The number of amides is 1. The summed E-state index contributed by atoms with van der Waals surface area (Å²) < 4.78 is 5.16. The first-order chi connectivity index (χ1) is 10.3. The van der Waals surface area contributed by atoms with E-state index >= 15 is 0 Å². The van der Waals surface area contributed by atoms with Gasteiger partial charge >= 0.3 is 0 Å². The average Bonchev–Trinajstić information content (AvgIpc) is 2.91. The molecule has 0 aliphatic rings. The first-order valence-corrected chi connectivity index (χ1v) is 6.44. The van der Waals surface area contributed by atoms with Crippen molar-refractivity contribution in [2.24, 2.45) is 0 Å². The van der Waals surface area contributed by atoms with E-state index in [1.165, 1.54) is 0 Å². The van der Waals surface area contributed by atoms with Gasteiger partial charge in [-0.05, 0) is 36.4 Å². The van der Waals surface area contributed by atoms with Gasteiger partial charge < -0.3 is 9.84 Å². The Morgan fingerprint density at radius 3 is 2.67 bits per heavy atom. The fourth-order valence-electron chi connectivity index (χ4n) is 2.07. The Morgan fingerprint density at radius 2 is 1.90 bits per heavy atom. The molecule has 5 nitrogen and oxygen atoms in total. The van der Waals surface area contributed by atoms with Gasteiger partial charge in [-0.2, -0.15) is 0 Å². The molecule has 0 saturated heterocycles. The molecular weight excluding hydrogens is 268 g/mol. The molecule has 0 bridgehead atoms. The summed E-state index contributed by atoms with van der Waals surface area (Å²) in [6, 6.07) is 14.1. The number of carbonyl (C=O) groups is 2. The van der Waals surface area contributed by atoms with Crippen LogP contribution in [-0.4, -0.2) is 17.4 Å². The number of fused-ring (bicyclic) bond motifs is 1. The van der Waals surface area contributed by atoms with E-state index in [0.29, 0.717) is 22.5 Å². The molecule has 0 atom stereocenters. The van der Waals surface area contributed by atoms with Crippen LogP contribution in [0.4, 0.5) is 5.69 Å². The van der Waals surface area contributed by atoms with Gasteiger partial charge in [-0.25, -0.2) is 0 Å². The fraction of sp³-hybridized carbons (Fsp3) is 0.0625. The Morgan fingerprint density at radius 1 is 1.14 bits per heavy atom. The highest BCUT2D eigenvalue weighted by Gasteiger charge is 2.12. The molecule has 0 saturated carbocycles. The molecule has 3 aromatic rings. The minimum atomic E-state index is -0.187. The molecule has 0 fully saturated rings. The topological polar surface area (TPSA) is 72.2 Å². The largest absolute Gasteiger partial charge is 0.356 e. The number of para-hydroxylation sites is 1. The van der Waals surface area contributed by atoms with E-state index < -0.39 is 0 Å². The van der Waals surface area contributed by atoms with Crippen LogP contribution in [-0.2, 0) is 11.2 Å². The fourth-order valence-corrected chi connectivity index (χ4v) is 2.07. The highest BCUT2D eigenvalue weighted by molar-refractivity contribution is 5.94. The molecule has 5 heteroatoms. The standard InChI is InChI=1S/C16H12N2O3/c19-10-11-5-7-12(8-6-11)17-16(20)9-14-13-3-1-2-4-15(13)21-18-14/h1-8,10H,9H2,(H,17,20). The number of rotatable bonds is 4. The molecule has 3 rings (SSSR count). The number of hydrogen-bond donors (Lipinski definition) is 1. The van der Waals surface area contributed by atoms with E-state index in [-0.39, 0.29) is 12.3 Å². The zero-order valence-corrected chi connectivity index (χ0v) is 11.1. The van der Waals surface area contributed by atoms with Gasteiger partial charge in [0.2, 0.25) is 5.91 Å². The lowest BCUT2D eigenvalue weighted by Crippen LogP contribution is -2.14. The third-order valence-electron chi connectivity index (χ3n) is 3.11. The van der Waals surface area contributed by atoms with E-state index in [2.05, 4.69) is 10.5 Å². The third kappa shape index (κ3) is 2.81. The first kappa shape index (κ1) is 13.1. The Labute approximate surface area is 120 Å². The van der Waals surface area contributed by atoms with Crippen LogP contribution in [0.25, 0.3) is 11.0 Å². The molecule has 104 valence electrons. The molecule has 1 N–H and O–H groups in total. The van der Waals surface area contributed by atoms with Gasteiger partial charge in [-0.15, -0.1) is 0 Å². The SMILES string of the molecule is O=Cc1ccc(NC(=O)Cc2noc3ccccc23)cc1. The Bertz CT molecular complexity index is 791. The van der Waals surface area contributed by atoms with Gasteiger partial charge in [0.1, 0.15) is 12.0 Å². The molecule has 21 heavy (non-hydrogen) atoms. The van der Waals surface area contributed by atoms with E-state index in [0.717, 1.165) is 11.7 Å². The highest BCUT2D eigenvalue weighted by atomic mass is 16.5. The summed E-state index contributed by atoms with van der Waals surface area (Å²) in [5.41, 5.74) is 2.47. The number of benzene rings is 2. The van der Waals surface area contributed by atoms with Crippen molar-refractivity contribution in [2.45, 2.75) is 6.42 Å². The van der Waals surface area contributed by atoms with Gasteiger partial charge in [-0.3, -0.25) is 9.59 Å². The second-order valence-corrected chi connectivity index (χ2v) is 4.59. The minimum absolute atomic E-state index is 0.131. The summed E-state index contributed by atoms with van der Waals surface area (Å²) in [5.74, 6) is -0.187. The molecule has 2 aromatic carbocycles. The van der Waals surface area contributed by atoms with Gasteiger partial charge in [0.15, 0.2) is 5.58 Å². The molecule has 0 aliphatic carbocycles. The molecule has 1 heterocycles. The quantitative estimate of drug-likeness (QED) is 0.746. The zero-order chi connectivity index (χ0) is 14.7. The number of aldehydes is 1. The Balaban J connectivity index is 1.72. The van der Waals surface area contributed by atoms with Crippen LogP contribution in [0.1, 0.15) is 16.1 Å². The maximum atomic E-state index is 12.0. The van der Waals surface area contributed by atoms with Crippen molar-refractivity contribution in [1.29, 1.82) is 0 Å².